The Kier molecular flexibility index (Phi) is 4.35. The van der Waals surface area contributed by atoms with Crippen LogP contribution in [0.4, 0.5) is 0 Å². The predicted octanol–water partition coefficient (Wildman–Crippen LogP) is 4.11. The summed E-state index contributed by atoms with van der Waals surface area (Å²) in [6.07, 6.45) is 8.09. The van der Waals surface area contributed by atoms with Crippen LogP contribution in [0.25, 0.3) is 22.5 Å². The van der Waals surface area contributed by atoms with E-state index < -0.39 is 0 Å². The Morgan fingerprint density at radius 1 is 1.00 bits per heavy atom. The van der Waals surface area contributed by atoms with E-state index >= 15 is 0 Å². The minimum atomic E-state index is 0.173. The number of benzene rings is 1. The highest BCUT2D eigenvalue weighted by Crippen LogP contribution is 2.40. The van der Waals surface area contributed by atoms with Crippen LogP contribution in [0.15, 0.2) is 54.9 Å². The average molecular weight is 370 g/mol. The molecule has 2 heterocycles. The van der Waals surface area contributed by atoms with Crippen LogP contribution in [0.5, 0.6) is 0 Å². The third-order valence-corrected chi connectivity index (χ3v) is 5.33. The number of nitrogens with one attached hydrogen (secondary N) is 1. The molecule has 2 aliphatic rings. The fourth-order valence-electron chi connectivity index (χ4n) is 3.32. The molecular formula is C23H22N4O. The lowest BCUT2D eigenvalue weighted by Gasteiger charge is -2.11. The molecule has 0 atom stereocenters. The Morgan fingerprint density at radius 3 is 2.50 bits per heavy atom. The molecule has 0 aliphatic heterocycles. The molecule has 0 spiro atoms. The van der Waals surface area contributed by atoms with Gasteiger partial charge in [0.2, 0.25) is 5.91 Å². The van der Waals surface area contributed by atoms with Crippen LogP contribution in [-0.2, 0) is 11.3 Å². The Hall–Kier alpha value is -3.08. The number of amides is 1. The first-order valence-corrected chi connectivity index (χ1v) is 9.93. The number of hydrogen-bond donors (Lipinski definition) is 1. The van der Waals surface area contributed by atoms with E-state index in [4.69, 9.17) is 4.98 Å². The quantitative estimate of drug-likeness (QED) is 0.709. The molecule has 0 bridgehead atoms. The van der Waals surface area contributed by atoms with Crippen LogP contribution >= 0.6 is 0 Å². The van der Waals surface area contributed by atoms with Crippen molar-refractivity contribution in [2.45, 2.75) is 38.1 Å². The van der Waals surface area contributed by atoms with Crippen molar-refractivity contribution in [3.63, 3.8) is 0 Å². The highest BCUT2D eigenvalue weighted by Gasteiger charge is 2.29. The number of nitrogens with zero attached hydrogens (tertiary/aromatic N) is 3. The van der Waals surface area contributed by atoms with Gasteiger partial charge in [0.05, 0.1) is 11.4 Å². The fourth-order valence-corrected chi connectivity index (χ4v) is 3.32. The van der Waals surface area contributed by atoms with Gasteiger partial charge in [-0.15, -0.1) is 0 Å². The largest absolute Gasteiger partial charge is 0.352 e. The summed E-state index contributed by atoms with van der Waals surface area (Å²) in [6.45, 7) is 0.569. The molecular weight excluding hydrogens is 348 g/mol. The molecule has 5 heteroatoms. The van der Waals surface area contributed by atoms with Gasteiger partial charge in [-0.1, -0.05) is 30.3 Å². The van der Waals surface area contributed by atoms with Crippen molar-refractivity contribution >= 4 is 5.91 Å². The lowest BCUT2D eigenvalue weighted by Crippen LogP contribution is -2.24. The number of carbonyl (C=O) groups is 1. The Labute approximate surface area is 164 Å². The van der Waals surface area contributed by atoms with Crippen molar-refractivity contribution in [3.8, 4) is 22.5 Å². The molecule has 0 unspecified atom stereocenters. The zero-order chi connectivity index (χ0) is 18.9. The number of rotatable bonds is 6. The lowest BCUT2D eigenvalue weighted by atomic mass is 10.0. The summed E-state index contributed by atoms with van der Waals surface area (Å²) in [5.74, 6) is 1.83. The monoisotopic (exact) mass is 370 g/mol. The van der Waals surface area contributed by atoms with Crippen molar-refractivity contribution in [1.82, 2.24) is 20.3 Å². The summed E-state index contributed by atoms with van der Waals surface area (Å²) in [7, 11) is 0. The summed E-state index contributed by atoms with van der Waals surface area (Å²) >= 11 is 0. The maximum Gasteiger partial charge on any atom is 0.223 e. The molecule has 2 aromatic heterocycles. The molecule has 2 aliphatic carbocycles. The van der Waals surface area contributed by atoms with E-state index in [1.165, 1.54) is 12.8 Å². The first-order chi connectivity index (χ1) is 13.8. The third-order valence-electron chi connectivity index (χ3n) is 5.33. The molecule has 2 fully saturated rings. The second-order valence-electron chi connectivity index (χ2n) is 7.67. The van der Waals surface area contributed by atoms with Gasteiger partial charge >= 0.3 is 0 Å². The summed E-state index contributed by atoms with van der Waals surface area (Å²) < 4.78 is 0. The minimum Gasteiger partial charge on any atom is -0.352 e. The fraction of sp³-hybridized carbons (Fsp3) is 0.304. The van der Waals surface area contributed by atoms with Crippen LogP contribution in [0.3, 0.4) is 0 Å². The molecule has 1 N–H and O–H groups in total. The van der Waals surface area contributed by atoms with E-state index in [-0.39, 0.29) is 11.8 Å². The first kappa shape index (κ1) is 17.0. The van der Waals surface area contributed by atoms with E-state index in [0.717, 1.165) is 46.7 Å². The Bertz CT molecular complexity index is 993. The van der Waals surface area contributed by atoms with Gasteiger partial charge in [0.1, 0.15) is 5.82 Å². The molecule has 0 saturated heterocycles. The van der Waals surface area contributed by atoms with Gasteiger partial charge < -0.3 is 5.32 Å². The maximum absolute atomic E-state index is 11.8. The molecule has 5 rings (SSSR count). The van der Waals surface area contributed by atoms with Gasteiger partial charge in [0, 0.05) is 41.9 Å². The Morgan fingerprint density at radius 2 is 1.82 bits per heavy atom. The molecule has 1 amide bonds. The topological polar surface area (TPSA) is 67.8 Å². The van der Waals surface area contributed by atoms with Gasteiger partial charge in [0.15, 0.2) is 0 Å². The smallest absolute Gasteiger partial charge is 0.223 e. The van der Waals surface area contributed by atoms with E-state index in [9.17, 15) is 4.79 Å². The van der Waals surface area contributed by atoms with E-state index in [2.05, 4.69) is 39.6 Å². The molecule has 1 aromatic carbocycles. The number of aromatic nitrogens is 3. The molecule has 3 aromatic rings. The van der Waals surface area contributed by atoms with Gasteiger partial charge in [-0.05, 0) is 43.4 Å². The van der Waals surface area contributed by atoms with Gasteiger partial charge in [-0.2, -0.15) is 0 Å². The normalized spacial score (nSPS) is 16.0. The van der Waals surface area contributed by atoms with Crippen LogP contribution in [0.2, 0.25) is 0 Å². The molecule has 5 nitrogen and oxygen atoms in total. The highest BCUT2D eigenvalue weighted by molar-refractivity contribution is 5.81. The zero-order valence-corrected chi connectivity index (χ0v) is 15.6. The number of hydrogen-bond acceptors (Lipinski definition) is 4. The highest BCUT2D eigenvalue weighted by atomic mass is 16.2. The summed E-state index contributed by atoms with van der Waals surface area (Å²) in [5, 5.41) is 3.02. The predicted molar refractivity (Wildman–Crippen MR) is 107 cm³/mol. The van der Waals surface area contributed by atoms with E-state index in [1.807, 2.05) is 24.4 Å². The number of pyridine rings is 1. The van der Waals surface area contributed by atoms with E-state index in [0.29, 0.717) is 12.5 Å². The lowest BCUT2D eigenvalue weighted by molar-refractivity contribution is -0.122. The van der Waals surface area contributed by atoms with Crippen LogP contribution in [0, 0.1) is 5.92 Å². The Balaban J connectivity index is 1.43. The number of carbonyl (C=O) groups excluding carboxylic acids is 1. The zero-order valence-electron chi connectivity index (χ0n) is 15.6. The van der Waals surface area contributed by atoms with Crippen molar-refractivity contribution < 1.29 is 4.79 Å². The summed E-state index contributed by atoms with van der Waals surface area (Å²) in [6, 6.07) is 14.1. The van der Waals surface area contributed by atoms with Crippen LogP contribution in [-0.4, -0.2) is 20.9 Å². The molecule has 28 heavy (non-hydrogen) atoms. The van der Waals surface area contributed by atoms with Gasteiger partial charge in [-0.3, -0.25) is 9.78 Å². The second kappa shape index (κ2) is 7.15. The first-order valence-electron chi connectivity index (χ1n) is 9.93. The minimum absolute atomic E-state index is 0.173. The van der Waals surface area contributed by atoms with Crippen molar-refractivity contribution in [2.75, 3.05) is 0 Å². The summed E-state index contributed by atoms with van der Waals surface area (Å²) in [4.78, 5) is 25.8. The van der Waals surface area contributed by atoms with Crippen molar-refractivity contribution in [2.24, 2.45) is 5.92 Å². The third kappa shape index (κ3) is 3.65. The molecule has 2 saturated carbocycles. The van der Waals surface area contributed by atoms with Crippen LogP contribution < -0.4 is 5.32 Å². The van der Waals surface area contributed by atoms with Crippen molar-refractivity contribution in [1.29, 1.82) is 0 Å². The van der Waals surface area contributed by atoms with Gasteiger partial charge in [-0.25, -0.2) is 9.97 Å². The second-order valence-corrected chi connectivity index (χ2v) is 7.67. The molecule has 140 valence electrons. The van der Waals surface area contributed by atoms with E-state index in [1.54, 1.807) is 6.20 Å². The standard InChI is InChI=1S/C23H22N4O/c28-23(18-10-11-18)26-13-15-4-6-16(7-5-15)21-19(20-3-1-2-12-24-20)14-25-22(27-21)17-8-9-17/h1-7,12,14,17-18H,8-11,13H2,(H,26,28). The van der Waals surface area contributed by atoms with Gasteiger partial charge in [0.25, 0.3) is 0 Å². The SMILES string of the molecule is O=C(NCc1ccc(-c2nc(C3CC3)ncc2-c2ccccn2)cc1)C1CC1. The summed E-state index contributed by atoms with van der Waals surface area (Å²) in [5.41, 5.74) is 4.88. The molecule has 0 radical (unpaired) electrons. The van der Waals surface area contributed by atoms with Crippen LogP contribution in [0.1, 0.15) is 43.0 Å². The van der Waals surface area contributed by atoms with Crippen molar-refractivity contribution in [3.05, 3.63) is 66.2 Å². The average Bonchev–Trinajstić information content (AvgIpc) is 3.65. The maximum atomic E-state index is 11.8.